The normalized spacial score (nSPS) is 27.5. The lowest BCUT2D eigenvalue weighted by atomic mass is 9.80. The second kappa shape index (κ2) is 7.50. The Kier molecular flexibility index (Phi) is 4.70. The Balaban J connectivity index is 1.46. The smallest absolute Gasteiger partial charge is 0.421 e. The molecule has 2 aromatic rings. The van der Waals surface area contributed by atoms with Crippen LogP contribution in [0.2, 0.25) is 0 Å². The van der Waals surface area contributed by atoms with Crippen LogP contribution in [0, 0.1) is 5.92 Å². The molecule has 2 bridgehead atoms. The molecule has 2 N–H and O–H groups in total. The van der Waals surface area contributed by atoms with Crippen molar-refractivity contribution in [3.05, 3.63) is 17.5 Å². The van der Waals surface area contributed by atoms with E-state index in [0.29, 0.717) is 31.4 Å². The molecule has 4 heterocycles. The Bertz CT molecular complexity index is 1020. The Labute approximate surface area is 182 Å². The first-order chi connectivity index (χ1) is 15.5. The summed E-state index contributed by atoms with van der Waals surface area (Å²) in [7, 11) is 0. The van der Waals surface area contributed by atoms with Gasteiger partial charge >= 0.3 is 6.18 Å². The molecule has 3 atom stereocenters. The molecule has 2 aromatic heterocycles. The fraction of sp³-hybridized carbons (Fsp3) is 0.667. The molecule has 0 spiro atoms. The third kappa shape index (κ3) is 3.37. The van der Waals surface area contributed by atoms with Gasteiger partial charge in [0.1, 0.15) is 17.1 Å². The van der Waals surface area contributed by atoms with Crippen LogP contribution in [0.1, 0.15) is 61.7 Å². The van der Waals surface area contributed by atoms with Crippen molar-refractivity contribution >= 4 is 17.6 Å². The van der Waals surface area contributed by atoms with E-state index in [-0.39, 0.29) is 35.7 Å². The maximum atomic E-state index is 13.6. The molecule has 172 valence electrons. The summed E-state index contributed by atoms with van der Waals surface area (Å²) in [6, 6.07) is 0.102. The van der Waals surface area contributed by atoms with Gasteiger partial charge in [0.05, 0.1) is 19.3 Å². The summed E-state index contributed by atoms with van der Waals surface area (Å²) in [5, 5.41) is 11.1. The van der Waals surface area contributed by atoms with Crippen LogP contribution in [0.4, 0.5) is 30.8 Å². The lowest BCUT2D eigenvalue weighted by molar-refractivity contribution is -0.137. The number of fused-ring (bicyclic) bond motifs is 4. The van der Waals surface area contributed by atoms with E-state index in [1.54, 1.807) is 0 Å². The van der Waals surface area contributed by atoms with Gasteiger partial charge in [-0.2, -0.15) is 23.3 Å². The van der Waals surface area contributed by atoms with Gasteiger partial charge < -0.3 is 20.1 Å². The highest BCUT2D eigenvalue weighted by atomic mass is 19.4. The number of halogens is 3. The van der Waals surface area contributed by atoms with E-state index < -0.39 is 11.7 Å². The standard InChI is InChI=1S/C21H25F3N6O2/c22-21(23,24)14-8-25-20-27-18(14)26-15-5-4-11(15)10-32-17-16(12-6-7-31-9-12)29-30(19(17)28-20)13-2-1-3-13/h8,11-13,15H,1-7,9-10H2,(H2,25,26,27,28)/t11-,12?,15+/m0/s1. The quantitative estimate of drug-likeness (QED) is 0.708. The molecule has 2 aliphatic heterocycles. The van der Waals surface area contributed by atoms with Gasteiger partial charge in [0, 0.05) is 30.7 Å². The van der Waals surface area contributed by atoms with Gasteiger partial charge in [0.2, 0.25) is 5.95 Å². The van der Waals surface area contributed by atoms with Crippen LogP contribution in [0.25, 0.3) is 0 Å². The molecule has 2 aliphatic carbocycles. The molecule has 32 heavy (non-hydrogen) atoms. The van der Waals surface area contributed by atoms with E-state index in [1.807, 2.05) is 4.68 Å². The van der Waals surface area contributed by atoms with Gasteiger partial charge in [0.25, 0.3) is 0 Å². The summed E-state index contributed by atoms with van der Waals surface area (Å²) in [6.45, 7) is 1.68. The summed E-state index contributed by atoms with van der Waals surface area (Å²) in [6.07, 6.45) is 1.96. The van der Waals surface area contributed by atoms with E-state index >= 15 is 0 Å². The maximum Gasteiger partial charge on any atom is 0.421 e. The van der Waals surface area contributed by atoms with Crippen molar-refractivity contribution in [3.8, 4) is 5.75 Å². The minimum absolute atomic E-state index is 0.0952. The number of hydrogen-bond acceptors (Lipinski definition) is 7. The first-order valence-corrected chi connectivity index (χ1v) is 11.3. The van der Waals surface area contributed by atoms with Gasteiger partial charge in [0.15, 0.2) is 11.6 Å². The molecule has 0 aromatic carbocycles. The van der Waals surface area contributed by atoms with E-state index in [2.05, 4.69) is 20.6 Å². The topological polar surface area (TPSA) is 86.1 Å². The van der Waals surface area contributed by atoms with Gasteiger partial charge in [-0.05, 0) is 38.5 Å². The Hall–Kier alpha value is -2.56. The number of ether oxygens (including phenoxy) is 2. The molecule has 0 amide bonds. The van der Waals surface area contributed by atoms with Crippen molar-refractivity contribution in [1.29, 1.82) is 0 Å². The number of anilines is 3. The number of nitrogens with one attached hydrogen (secondary N) is 2. The Morgan fingerprint density at radius 2 is 1.97 bits per heavy atom. The molecule has 0 radical (unpaired) electrons. The number of alkyl halides is 3. The Morgan fingerprint density at radius 1 is 1.09 bits per heavy atom. The minimum Gasteiger partial charge on any atom is -0.487 e. The zero-order valence-corrected chi connectivity index (χ0v) is 17.5. The molecular weight excluding hydrogens is 425 g/mol. The number of rotatable bonds is 2. The second-order valence-corrected chi connectivity index (χ2v) is 9.13. The average Bonchev–Trinajstić information content (AvgIpc) is 3.32. The average molecular weight is 450 g/mol. The van der Waals surface area contributed by atoms with E-state index in [9.17, 15) is 13.2 Å². The lowest BCUT2D eigenvalue weighted by Crippen LogP contribution is -2.42. The third-order valence-corrected chi connectivity index (χ3v) is 7.13. The van der Waals surface area contributed by atoms with Gasteiger partial charge in [-0.3, -0.25) is 0 Å². The molecule has 1 saturated heterocycles. The van der Waals surface area contributed by atoms with Crippen molar-refractivity contribution < 1.29 is 22.6 Å². The predicted molar refractivity (Wildman–Crippen MR) is 109 cm³/mol. The van der Waals surface area contributed by atoms with Gasteiger partial charge in [-0.15, -0.1) is 0 Å². The van der Waals surface area contributed by atoms with E-state index in [4.69, 9.17) is 14.6 Å². The molecule has 2 saturated carbocycles. The Morgan fingerprint density at radius 3 is 2.62 bits per heavy atom. The zero-order valence-electron chi connectivity index (χ0n) is 17.5. The zero-order chi connectivity index (χ0) is 21.9. The molecule has 11 heteroatoms. The summed E-state index contributed by atoms with van der Waals surface area (Å²) in [4.78, 5) is 8.22. The maximum absolute atomic E-state index is 13.6. The van der Waals surface area contributed by atoms with Crippen LogP contribution in [0.15, 0.2) is 6.20 Å². The van der Waals surface area contributed by atoms with E-state index in [1.165, 1.54) is 0 Å². The summed E-state index contributed by atoms with van der Waals surface area (Å²) in [5.41, 5.74) is -0.00232. The van der Waals surface area contributed by atoms with Crippen molar-refractivity contribution in [2.75, 3.05) is 30.5 Å². The first-order valence-electron chi connectivity index (χ1n) is 11.3. The third-order valence-electron chi connectivity index (χ3n) is 7.13. The fourth-order valence-electron chi connectivity index (χ4n) is 4.80. The molecule has 8 nitrogen and oxygen atoms in total. The summed E-state index contributed by atoms with van der Waals surface area (Å²) >= 11 is 0. The van der Waals surface area contributed by atoms with Crippen LogP contribution in [-0.4, -0.2) is 45.6 Å². The van der Waals surface area contributed by atoms with Gasteiger partial charge in [-0.25, -0.2) is 9.67 Å². The van der Waals surface area contributed by atoms with Crippen molar-refractivity contribution in [3.63, 3.8) is 0 Å². The summed E-state index contributed by atoms with van der Waals surface area (Å²) in [5.74, 6) is 1.42. The first kappa shape index (κ1) is 20.1. The molecule has 4 aliphatic rings. The van der Waals surface area contributed by atoms with Crippen LogP contribution in [-0.2, 0) is 10.9 Å². The minimum atomic E-state index is -4.54. The van der Waals surface area contributed by atoms with Crippen molar-refractivity contribution in [2.24, 2.45) is 5.92 Å². The molecule has 1 unspecified atom stereocenters. The number of nitrogens with zero attached hydrogens (tertiary/aromatic N) is 4. The van der Waals surface area contributed by atoms with Crippen molar-refractivity contribution in [2.45, 2.75) is 62.7 Å². The summed E-state index contributed by atoms with van der Waals surface area (Å²) < 4.78 is 54.6. The highest BCUT2D eigenvalue weighted by Crippen LogP contribution is 2.45. The van der Waals surface area contributed by atoms with Gasteiger partial charge in [-0.1, -0.05) is 0 Å². The van der Waals surface area contributed by atoms with Crippen LogP contribution >= 0.6 is 0 Å². The van der Waals surface area contributed by atoms with Crippen LogP contribution < -0.4 is 15.4 Å². The molecular formula is C21H25F3N6O2. The fourth-order valence-corrected chi connectivity index (χ4v) is 4.80. The predicted octanol–water partition coefficient (Wildman–Crippen LogP) is 4.25. The highest BCUT2D eigenvalue weighted by Gasteiger charge is 2.40. The van der Waals surface area contributed by atoms with E-state index in [0.717, 1.165) is 50.4 Å². The monoisotopic (exact) mass is 450 g/mol. The second-order valence-electron chi connectivity index (χ2n) is 9.13. The number of aromatic nitrogens is 4. The molecule has 6 rings (SSSR count). The highest BCUT2D eigenvalue weighted by molar-refractivity contribution is 5.63. The number of hydrogen-bond donors (Lipinski definition) is 2. The van der Waals surface area contributed by atoms with Crippen LogP contribution in [0.5, 0.6) is 5.75 Å². The van der Waals surface area contributed by atoms with Crippen molar-refractivity contribution in [1.82, 2.24) is 19.7 Å². The molecule has 3 fully saturated rings. The lowest BCUT2D eigenvalue weighted by Gasteiger charge is -2.37. The largest absolute Gasteiger partial charge is 0.487 e. The SMILES string of the molecule is FC(F)(F)c1cnc2nc1N[C@@H]1CC[C@H]1COc1c(C3CCOC3)nn(C3CCC3)c1N2. The van der Waals surface area contributed by atoms with Crippen LogP contribution in [0.3, 0.4) is 0 Å².